The number of Topliss-reactive ketones (excluding diaryl/α,β-unsaturated/α-hetero) is 1. The van der Waals surface area contributed by atoms with Crippen LogP contribution in [0.2, 0.25) is 0 Å². The number of ketones is 1. The zero-order valence-corrected chi connectivity index (χ0v) is 7.32. The summed E-state index contributed by atoms with van der Waals surface area (Å²) >= 11 is 0. The summed E-state index contributed by atoms with van der Waals surface area (Å²) < 4.78 is 33.7. The van der Waals surface area contributed by atoms with E-state index < -0.39 is 33.3 Å². The summed E-state index contributed by atoms with van der Waals surface area (Å²) in [5.41, 5.74) is 0. The van der Waals surface area contributed by atoms with Crippen LogP contribution >= 0.6 is 0 Å². The van der Waals surface area contributed by atoms with Crippen molar-refractivity contribution in [2.24, 2.45) is 0 Å². The number of sulfone groups is 1. The van der Waals surface area contributed by atoms with Gasteiger partial charge in [-0.1, -0.05) is 0 Å². The summed E-state index contributed by atoms with van der Waals surface area (Å²) in [5, 5.41) is 0. The van der Waals surface area contributed by atoms with Gasteiger partial charge in [-0.3, -0.25) is 4.79 Å². The predicted octanol–water partition coefficient (Wildman–Crippen LogP) is 0.348. The first-order valence-corrected chi connectivity index (χ1v) is 4.99. The highest BCUT2D eigenvalue weighted by Crippen LogP contribution is 1.98. The molecule has 0 bridgehead atoms. The van der Waals surface area contributed by atoms with Gasteiger partial charge < -0.3 is 0 Å². The number of halogens is 1. The van der Waals surface area contributed by atoms with Gasteiger partial charge in [0.05, 0.1) is 5.75 Å². The highest BCUT2D eigenvalue weighted by Gasteiger charge is 2.16. The quantitative estimate of drug-likeness (QED) is 0.630. The predicted molar refractivity (Wildman–Crippen MR) is 39.9 cm³/mol. The highest BCUT2D eigenvalue weighted by atomic mass is 32.2. The molecule has 5 heteroatoms. The van der Waals surface area contributed by atoms with Crippen LogP contribution in [0.1, 0.15) is 13.8 Å². The van der Waals surface area contributed by atoms with Crippen LogP contribution in [0.15, 0.2) is 0 Å². The first-order chi connectivity index (χ1) is 4.83. The Morgan fingerprint density at radius 3 is 2.27 bits per heavy atom. The van der Waals surface area contributed by atoms with Gasteiger partial charge in [0, 0.05) is 0 Å². The molecule has 0 amide bonds. The van der Waals surface area contributed by atoms with E-state index in [0.29, 0.717) is 0 Å². The number of carbonyl (C=O) groups excluding carboxylic acids is 1. The summed E-state index contributed by atoms with van der Waals surface area (Å²) in [6.07, 6.45) is -1.40. The lowest BCUT2D eigenvalue weighted by molar-refractivity contribution is -0.114. The van der Waals surface area contributed by atoms with Crippen molar-refractivity contribution in [2.75, 3.05) is 11.5 Å². The maximum absolute atomic E-state index is 12.2. The minimum Gasteiger partial charge on any atom is -0.299 e. The maximum Gasteiger partial charge on any atom is 0.160 e. The van der Waals surface area contributed by atoms with Gasteiger partial charge >= 0.3 is 0 Å². The van der Waals surface area contributed by atoms with Crippen molar-refractivity contribution >= 4 is 15.6 Å². The Hall–Kier alpha value is -0.450. The zero-order valence-electron chi connectivity index (χ0n) is 6.50. The van der Waals surface area contributed by atoms with Crippen molar-refractivity contribution in [3.8, 4) is 0 Å². The van der Waals surface area contributed by atoms with Crippen molar-refractivity contribution in [2.45, 2.75) is 20.0 Å². The van der Waals surface area contributed by atoms with E-state index in [2.05, 4.69) is 0 Å². The maximum atomic E-state index is 12.2. The molecule has 0 aliphatic heterocycles. The lowest BCUT2D eigenvalue weighted by Crippen LogP contribution is -2.21. The van der Waals surface area contributed by atoms with Crippen LogP contribution in [0, 0.1) is 0 Å². The minimum atomic E-state index is -3.50. The fourth-order valence-electron chi connectivity index (χ4n) is 0.719. The molecule has 66 valence electrons. The van der Waals surface area contributed by atoms with Gasteiger partial charge in [-0.25, -0.2) is 12.8 Å². The normalized spacial score (nSPS) is 14.5. The van der Waals surface area contributed by atoms with E-state index in [4.69, 9.17) is 0 Å². The van der Waals surface area contributed by atoms with Gasteiger partial charge in [0.2, 0.25) is 0 Å². The van der Waals surface area contributed by atoms with Crippen molar-refractivity contribution < 1.29 is 17.6 Å². The largest absolute Gasteiger partial charge is 0.299 e. The Balaban J connectivity index is 4.14. The number of alkyl halides is 1. The highest BCUT2D eigenvalue weighted by molar-refractivity contribution is 7.92. The molecule has 0 N–H and O–H groups in total. The van der Waals surface area contributed by atoms with Gasteiger partial charge in [-0.05, 0) is 13.8 Å². The summed E-state index contributed by atoms with van der Waals surface area (Å²) in [4.78, 5) is 10.3. The zero-order chi connectivity index (χ0) is 9.07. The molecule has 11 heavy (non-hydrogen) atoms. The molecule has 1 atom stereocenters. The molecule has 0 aromatic carbocycles. The van der Waals surface area contributed by atoms with E-state index >= 15 is 0 Å². The molecular weight excluding hydrogens is 171 g/mol. The van der Waals surface area contributed by atoms with E-state index in [0.717, 1.165) is 6.92 Å². The van der Waals surface area contributed by atoms with E-state index in [9.17, 15) is 17.6 Å². The van der Waals surface area contributed by atoms with E-state index in [-0.39, 0.29) is 0 Å². The average molecular weight is 182 g/mol. The Bertz CT molecular complexity index is 230. The van der Waals surface area contributed by atoms with Gasteiger partial charge in [-0.15, -0.1) is 0 Å². The fourth-order valence-corrected chi connectivity index (χ4v) is 2.16. The van der Waals surface area contributed by atoms with E-state index in [1.165, 1.54) is 6.92 Å². The minimum absolute atomic E-state index is 0.453. The van der Waals surface area contributed by atoms with Crippen LogP contribution in [0.4, 0.5) is 4.39 Å². The third-order valence-corrected chi connectivity index (χ3v) is 2.72. The average Bonchev–Trinajstić information content (AvgIpc) is 1.53. The second-order valence-corrected chi connectivity index (χ2v) is 4.65. The molecule has 0 aliphatic rings. The summed E-state index contributed by atoms with van der Waals surface area (Å²) in [6.45, 7) is 2.32. The van der Waals surface area contributed by atoms with Crippen molar-refractivity contribution in [1.29, 1.82) is 0 Å². The van der Waals surface area contributed by atoms with E-state index in [1.807, 2.05) is 0 Å². The van der Waals surface area contributed by atoms with Crippen LogP contribution in [-0.4, -0.2) is 31.9 Å². The van der Waals surface area contributed by atoms with Crippen molar-refractivity contribution in [3.63, 3.8) is 0 Å². The Morgan fingerprint density at radius 2 is 2.00 bits per heavy atom. The standard InChI is InChI=1S/C6H11FO3S/c1-5(7)3-11(9,10)4-6(2)8/h5H,3-4H2,1-2H3. The van der Waals surface area contributed by atoms with Crippen LogP contribution < -0.4 is 0 Å². The molecule has 0 aliphatic carbocycles. The van der Waals surface area contributed by atoms with Crippen LogP contribution in [-0.2, 0) is 14.6 Å². The van der Waals surface area contributed by atoms with Crippen LogP contribution in [0.3, 0.4) is 0 Å². The van der Waals surface area contributed by atoms with Gasteiger partial charge in [-0.2, -0.15) is 0 Å². The molecule has 0 saturated heterocycles. The molecule has 0 aromatic rings. The molecule has 3 nitrogen and oxygen atoms in total. The number of hydrogen-bond acceptors (Lipinski definition) is 3. The molecule has 0 rings (SSSR count). The molecule has 0 heterocycles. The van der Waals surface area contributed by atoms with Gasteiger partial charge in [0.25, 0.3) is 0 Å². The van der Waals surface area contributed by atoms with Gasteiger partial charge in [0.15, 0.2) is 9.84 Å². The monoisotopic (exact) mass is 182 g/mol. The Morgan fingerprint density at radius 1 is 1.55 bits per heavy atom. The molecule has 0 aromatic heterocycles. The lowest BCUT2D eigenvalue weighted by Gasteiger charge is -2.01. The molecule has 0 radical (unpaired) electrons. The molecule has 0 spiro atoms. The van der Waals surface area contributed by atoms with E-state index in [1.54, 1.807) is 0 Å². The number of carbonyl (C=O) groups is 1. The third-order valence-electron chi connectivity index (χ3n) is 0.907. The fraction of sp³-hybridized carbons (Fsp3) is 0.833. The summed E-state index contributed by atoms with van der Waals surface area (Å²) in [6, 6.07) is 0. The lowest BCUT2D eigenvalue weighted by atomic mass is 10.5. The third kappa shape index (κ3) is 5.97. The second-order valence-electron chi connectivity index (χ2n) is 2.54. The van der Waals surface area contributed by atoms with Crippen LogP contribution in [0.25, 0.3) is 0 Å². The van der Waals surface area contributed by atoms with Crippen molar-refractivity contribution in [3.05, 3.63) is 0 Å². The number of rotatable bonds is 4. The Labute approximate surface area is 65.5 Å². The Kier molecular flexibility index (Phi) is 3.65. The topological polar surface area (TPSA) is 51.2 Å². The summed E-state index contributed by atoms with van der Waals surface area (Å²) in [5.74, 6) is -1.57. The molecular formula is C6H11FO3S. The van der Waals surface area contributed by atoms with Crippen molar-refractivity contribution in [1.82, 2.24) is 0 Å². The van der Waals surface area contributed by atoms with Gasteiger partial charge in [0.1, 0.15) is 17.7 Å². The SMILES string of the molecule is CC(=O)CS(=O)(=O)CC(C)F. The summed E-state index contributed by atoms with van der Waals surface area (Å²) in [7, 11) is -3.50. The first-order valence-electron chi connectivity index (χ1n) is 3.17. The first kappa shape index (κ1) is 10.6. The van der Waals surface area contributed by atoms with Crippen LogP contribution in [0.5, 0.6) is 0 Å². The smallest absolute Gasteiger partial charge is 0.160 e. The molecule has 1 unspecified atom stereocenters. The second kappa shape index (κ2) is 3.80. The molecule has 0 saturated carbocycles. The number of hydrogen-bond donors (Lipinski definition) is 0. The molecule has 0 fully saturated rings.